The first-order chi connectivity index (χ1) is 9.99. The number of amides is 1. The molecule has 0 spiro atoms. The summed E-state index contributed by atoms with van der Waals surface area (Å²) in [5.41, 5.74) is 2.20. The summed E-state index contributed by atoms with van der Waals surface area (Å²) in [5.74, 6) is -0.199. The van der Waals surface area contributed by atoms with Crippen LogP contribution >= 0.6 is 0 Å². The lowest BCUT2D eigenvalue weighted by molar-refractivity contribution is -0.114. The first-order valence-electron chi connectivity index (χ1n) is 6.31. The number of hydrogen-bond donors (Lipinski definition) is 1. The van der Waals surface area contributed by atoms with Crippen LogP contribution in [0.3, 0.4) is 0 Å². The van der Waals surface area contributed by atoms with Gasteiger partial charge in [-0.1, -0.05) is 6.07 Å². The van der Waals surface area contributed by atoms with Crippen LogP contribution in [0.5, 0.6) is 0 Å². The molecule has 0 aromatic carbocycles. The maximum Gasteiger partial charge on any atom is 0.337 e. The first kappa shape index (κ1) is 14.6. The fraction of sp³-hybridized carbons (Fsp3) is 0.200. The van der Waals surface area contributed by atoms with E-state index in [1.807, 2.05) is 0 Å². The molecule has 1 N–H and O–H groups in total. The fourth-order valence-electron chi connectivity index (χ4n) is 1.86. The summed E-state index contributed by atoms with van der Waals surface area (Å²) in [4.78, 5) is 31.4. The quantitative estimate of drug-likeness (QED) is 0.874. The zero-order valence-corrected chi connectivity index (χ0v) is 12.0. The van der Waals surface area contributed by atoms with Crippen molar-refractivity contribution < 1.29 is 14.3 Å². The second kappa shape index (κ2) is 6.13. The fourth-order valence-corrected chi connectivity index (χ4v) is 1.86. The average molecular weight is 285 g/mol. The zero-order chi connectivity index (χ0) is 15.4. The van der Waals surface area contributed by atoms with Crippen molar-refractivity contribution >= 4 is 17.7 Å². The monoisotopic (exact) mass is 285 g/mol. The van der Waals surface area contributed by atoms with Crippen molar-refractivity contribution in [3.05, 3.63) is 41.6 Å². The smallest absolute Gasteiger partial charge is 0.337 e. The number of aryl methyl sites for hydroxylation is 1. The third kappa shape index (κ3) is 3.62. The number of aromatic nitrogens is 2. The standard InChI is InChI=1S/C15H15N3O3/c1-9-7-11(15(20)21-3)8-13(16-9)12-5-4-6-14(18-12)17-10(2)19/h4-8H,1-3H3,(H,17,18,19). The molecule has 2 heterocycles. The highest BCUT2D eigenvalue weighted by Crippen LogP contribution is 2.19. The molecule has 0 aliphatic rings. The van der Waals surface area contributed by atoms with Gasteiger partial charge in [-0.15, -0.1) is 0 Å². The van der Waals surface area contributed by atoms with Crippen LogP contribution in [0.15, 0.2) is 30.3 Å². The van der Waals surface area contributed by atoms with E-state index in [4.69, 9.17) is 4.74 Å². The topological polar surface area (TPSA) is 81.2 Å². The van der Waals surface area contributed by atoms with E-state index in [0.717, 1.165) is 0 Å². The van der Waals surface area contributed by atoms with E-state index in [1.54, 1.807) is 37.3 Å². The largest absolute Gasteiger partial charge is 0.465 e. The van der Waals surface area contributed by atoms with Gasteiger partial charge in [-0.3, -0.25) is 9.78 Å². The molecule has 0 radical (unpaired) electrons. The van der Waals surface area contributed by atoms with E-state index in [0.29, 0.717) is 28.5 Å². The third-order valence-corrected chi connectivity index (χ3v) is 2.69. The number of nitrogens with zero attached hydrogens (tertiary/aromatic N) is 2. The SMILES string of the molecule is COC(=O)c1cc(C)nc(-c2cccc(NC(C)=O)n2)c1. The summed E-state index contributed by atoms with van der Waals surface area (Å²) in [7, 11) is 1.33. The van der Waals surface area contributed by atoms with Crippen LogP contribution in [0.4, 0.5) is 5.82 Å². The van der Waals surface area contributed by atoms with Gasteiger partial charge in [0, 0.05) is 12.6 Å². The number of anilines is 1. The summed E-state index contributed by atoms with van der Waals surface area (Å²) in [6.07, 6.45) is 0. The molecule has 6 nitrogen and oxygen atoms in total. The lowest BCUT2D eigenvalue weighted by Crippen LogP contribution is -2.08. The molecule has 6 heteroatoms. The van der Waals surface area contributed by atoms with Gasteiger partial charge in [-0.05, 0) is 31.2 Å². The van der Waals surface area contributed by atoms with Crippen molar-refractivity contribution in [3.8, 4) is 11.4 Å². The molecule has 2 aromatic rings. The minimum atomic E-state index is -0.431. The minimum Gasteiger partial charge on any atom is -0.465 e. The molecule has 0 saturated heterocycles. The van der Waals surface area contributed by atoms with E-state index in [9.17, 15) is 9.59 Å². The van der Waals surface area contributed by atoms with Gasteiger partial charge in [-0.25, -0.2) is 9.78 Å². The van der Waals surface area contributed by atoms with Gasteiger partial charge in [0.1, 0.15) is 5.82 Å². The Hall–Kier alpha value is -2.76. The highest BCUT2D eigenvalue weighted by atomic mass is 16.5. The molecule has 0 aliphatic carbocycles. The molecule has 2 aromatic heterocycles. The Morgan fingerprint density at radius 3 is 2.57 bits per heavy atom. The zero-order valence-electron chi connectivity index (χ0n) is 12.0. The molecule has 0 aliphatic heterocycles. The van der Waals surface area contributed by atoms with Crippen molar-refractivity contribution in [2.24, 2.45) is 0 Å². The number of nitrogens with one attached hydrogen (secondary N) is 1. The predicted octanol–water partition coefficient (Wildman–Crippen LogP) is 2.20. The van der Waals surface area contributed by atoms with E-state index in [2.05, 4.69) is 15.3 Å². The molecule has 21 heavy (non-hydrogen) atoms. The van der Waals surface area contributed by atoms with Crippen molar-refractivity contribution in [2.45, 2.75) is 13.8 Å². The second-order valence-corrected chi connectivity index (χ2v) is 4.46. The number of methoxy groups -OCH3 is 1. The summed E-state index contributed by atoms with van der Waals surface area (Å²) in [5, 5.41) is 2.61. The van der Waals surface area contributed by atoms with E-state index < -0.39 is 5.97 Å². The molecule has 0 atom stereocenters. The highest BCUT2D eigenvalue weighted by molar-refractivity contribution is 5.91. The Labute approximate surface area is 122 Å². The van der Waals surface area contributed by atoms with E-state index in [1.165, 1.54) is 14.0 Å². The summed E-state index contributed by atoms with van der Waals surface area (Å²) < 4.78 is 4.71. The molecule has 2 rings (SSSR count). The average Bonchev–Trinajstić information content (AvgIpc) is 2.45. The number of carbonyl (C=O) groups excluding carboxylic acids is 2. The Balaban J connectivity index is 2.44. The minimum absolute atomic E-state index is 0.202. The van der Waals surface area contributed by atoms with Crippen LogP contribution in [0.25, 0.3) is 11.4 Å². The molecular formula is C15H15N3O3. The summed E-state index contributed by atoms with van der Waals surface area (Å²) in [6.45, 7) is 3.20. The van der Waals surface area contributed by atoms with Crippen LogP contribution in [0.2, 0.25) is 0 Å². The number of pyridine rings is 2. The molecule has 1 amide bonds. The van der Waals surface area contributed by atoms with Crippen molar-refractivity contribution in [1.29, 1.82) is 0 Å². The van der Waals surface area contributed by atoms with Crippen LogP contribution in [-0.2, 0) is 9.53 Å². The summed E-state index contributed by atoms with van der Waals surface area (Å²) >= 11 is 0. The highest BCUT2D eigenvalue weighted by Gasteiger charge is 2.11. The lowest BCUT2D eigenvalue weighted by atomic mass is 10.1. The van der Waals surface area contributed by atoms with Gasteiger partial charge in [0.05, 0.1) is 24.1 Å². The Bertz CT molecular complexity index is 698. The second-order valence-electron chi connectivity index (χ2n) is 4.46. The number of hydrogen-bond acceptors (Lipinski definition) is 5. The Morgan fingerprint density at radius 2 is 1.90 bits per heavy atom. The maximum atomic E-state index is 11.6. The molecule has 0 saturated carbocycles. The first-order valence-corrected chi connectivity index (χ1v) is 6.31. The lowest BCUT2D eigenvalue weighted by Gasteiger charge is -2.07. The molecule has 0 bridgehead atoms. The third-order valence-electron chi connectivity index (χ3n) is 2.69. The van der Waals surface area contributed by atoms with Gasteiger partial charge < -0.3 is 10.1 Å². The number of rotatable bonds is 3. The van der Waals surface area contributed by atoms with Gasteiger partial charge in [0.25, 0.3) is 0 Å². The van der Waals surface area contributed by atoms with Gasteiger partial charge >= 0.3 is 5.97 Å². The summed E-state index contributed by atoms with van der Waals surface area (Å²) in [6, 6.07) is 8.46. The number of ether oxygens (including phenoxy) is 1. The Morgan fingerprint density at radius 1 is 1.14 bits per heavy atom. The van der Waals surface area contributed by atoms with Crippen LogP contribution < -0.4 is 5.32 Å². The molecular weight excluding hydrogens is 270 g/mol. The number of carbonyl (C=O) groups is 2. The van der Waals surface area contributed by atoms with Crippen LogP contribution in [0, 0.1) is 6.92 Å². The van der Waals surface area contributed by atoms with Crippen LogP contribution in [0.1, 0.15) is 23.0 Å². The van der Waals surface area contributed by atoms with Gasteiger partial charge in [-0.2, -0.15) is 0 Å². The normalized spacial score (nSPS) is 10.0. The van der Waals surface area contributed by atoms with Crippen molar-refractivity contribution in [1.82, 2.24) is 9.97 Å². The Kier molecular flexibility index (Phi) is 4.27. The number of esters is 1. The maximum absolute atomic E-state index is 11.6. The molecule has 108 valence electrons. The molecule has 0 unspecified atom stereocenters. The van der Waals surface area contributed by atoms with Gasteiger partial charge in [0.15, 0.2) is 0 Å². The van der Waals surface area contributed by atoms with Crippen molar-refractivity contribution in [3.63, 3.8) is 0 Å². The molecule has 0 fully saturated rings. The van der Waals surface area contributed by atoms with Crippen LogP contribution in [-0.4, -0.2) is 29.0 Å². The van der Waals surface area contributed by atoms with E-state index >= 15 is 0 Å². The van der Waals surface area contributed by atoms with Crippen molar-refractivity contribution in [2.75, 3.05) is 12.4 Å². The predicted molar refractivity (Wildman–Crippen MR) is 77.8 cm³/mol. The van der Waals surface area contributed by atoms with E-state index in [-0.39, 0.29) is 5.91 Å². The van der Waals surface area contributed by atoms with Gasteiger partial charge in [0.2, 0.25) is 5.91 Å².